The van der Waals surface area contributed by atoms with Crippen LogP contribution < -0.4 is 5.32 Å². The average Bonchev–Trinajstić information content (AvgIpc) is 2.90. The Kier molecular flexibility index (Phi) is 7.25. The molecule has 150 valence electrons. The lowest BCUT2D eigenvalue weighted by atomic mass is 10.1. The minimum absolute atomic E-state index is 0.0355. The van der Waals surface area contributed by atoms with Crippen molar-refractivity contribution in [2.75, 3.05) is 0 Å². The molecule has 1 atom stereocenters. The van der Waals surface area contributed by atoms with Gasteiger partial charge < -0.3 is 5.32 Å². The lowest BCUT2D eigenvalue weighted by Gasteiger charge is -2.19. The van der Waals surface area contributed by atoms with E-state index in [2.05, 4.69) is 22.1 Å². The summed E-state index contributed by atoms with van der Waals surface area (Å²) in [5.41, 5.74) is 0.776. The number of halogens is 1. The number of allylic oxidation sites excluding steroid dienone is 1. The van der Waals surface area contributed by atoms with Crippen molar-refractivity contribution in [3.63, 3.8) is 0 Å². The minimum Gasteiger partial charge on any atom is -0.352 e. The van der Waals surface area contributed by atoms with Crippen molar-refractivity contribution < 1.29 is 9.18 Å². The van der Waals surface area contributed by atoms with Crippen LogP contribution in [0, 0.1) is 5.82 Å². The monoisotopic (exact) mass is 402 g/mol. The van der Waals surface area contributed by atoms with Crippen LogP contribution in [0.2, 0.25) is 0 Å². The van der Waals surface area contributed by atoms with Crippen LogP contribution in [0.4, 0.5) is 4.39 Å². The summed E-state index contributed by atoms with van der Waals surface area (Å²) in [4.78, 5) is 12.7. The van der Waals surface area contributed by atoms with E-state index in [4.69, 9.17) is 0 Å². The predicted molar refractivity (Wildman–Crippen MR) is 111 cm³/mol. The van der Waals surface area contributed by atoms with E-state index in [-0.39, 0.29) is 23.0 Å². The Bertz CT molecular complexity index is 797. The number of carbonyl (C=O) groups excluding carboxylic acids is 1. The summed E-state index contributed by atoms with van der Waals surface area (Å²) in [5.74, 6) is 0.379. The zero-order valence-electron chi connectivity index (χ0n) is 16.2. The molecular formula is C21H27FN4OS. The second-order valence-corrected chi connectivity index (χ2v) is 8.48. The maximum Gasteiger partial charge on any atom is 0.233 e. The number of amides is 1. The maximum absolute atomic E-state index is 13.2. The van der Waals surface area contributed by atoms with Gasteiger partial charge in [0.2, 0.25) is 5.91 Å². The topological polar surface area (TPSA) is 59.8 Å². The molecule has 0 radical (unpaired) electrons. The van der Waals surface area contributed by atoms with Gasteiger partial charge in [-0.2, -0.15) is 0 Å². The normalized spacial score (nSPS) is 16.4. The number of hydrogen-bond acceptors (Lipinski definition) is 4. The van der Waals surface area contributed by atoms with Gasteiger partial charge in [-0.15, -0.1) is 16.8 Å². The Labute approximate surface area is 169 Å². The van der Waals surface area contributed by atoms with Crippen LogP contribution in [0.25, 0.3) is 11.4 Å². The molecule has 5 nitrogen and oxygen atoms in total. The molecule has 0 spiro atoms. The third-order valence-corrected chi connectivity index (χ3v) is 6.06. The number of aromatic nitrogens is 3. The molecule has 1 aromatic heterocycles. The number of carbonyl (C=O) groups is 1. The molecule has 1 aliphatic carbocycles. The molecule has 1 aliphatic rings. The molecule has 1 aromatic carbocycles. The molecule has 1 saturated carbocycles. The van der Waals surface area contributed by atoms with Crippen molar-refractivity contribution in [3.05, 3.63) is 42.7 Å². The van der Waals surface area contributed by atoms with Crippen molar-refractivity contribution >= 4 is 17.7 Å². The summed E-state index contributed by atoms with van der Waals surface area (Å²) in [6.07, 6.45) is 8.76. The number of nitrogens with one attached hydrogen (secondary N) is 1. The van der Waals surface area contributed by atoms with E-state index in [0.29, 0.717) is 17.5 Å². The zero-order chi connectivity index (χ0) is 19.9. The minimum atomic E-state index is -0.294. The Morgan fingerprint density at radius 3 is 2.61 bits per heavy atom. The van der Waals surface area contributed by atoms with E-state index < -0.39 is 0 Å². The summed E-state index contributed by atoms with van der Waals surface area (Å²) in [6.45, 7) is 6.20. The van der Waals surface area contributed by atoms with Crippen LogP contribution in [-0.4, -0.2) is 32.0 Å². The Morgan fingerprint density at radius 1 is 1.29 bits per heavy atom. The molecule has 28 heavy (non-hydrogen) atoms. The van der Waals surface area contributed by atoms with Gasteiger partial charge in [0.15, 0.2) is 11.0 Å². The second kappa shape index (κ2) is 9.87. The fourth-order valence-corrected chi connectivity index (χ4v) is 4.30. The molecule has 1 heterocycles. The smallest absolute Gasteiger partial charge is 0.233 e. The van der Waals surface area contributed by atoms with E-state index in [0.717, 1.165) is 18.4 Å². The third kappa shape index (κ3) is 5.22. The van der Waals surface area contributed by atoms with E-state index in [1.165, 1.54) is 49.6 Å². The SMILES string of the molecule is C=CCn1c(S[C@@H](C)C(=O)NC2CCCCCC2)nnc1-c1ccc(F)cc1. The molecule has 0 bridgehead atoms. The van der Waals surface area contributed by atoms with Gasteiger partial charge in [0.1, 0.15) is 5.82 Å². The van der Waals surface area contributed by atoms with Crippen LogP contribution in [0.5, 0.6) is 0 Å². The second-order valence-electron chi connectivity index (χ2n) is 7.17. The van der Waals surface area contributed by atoms with Crippen LogP contribution in [0.3, 0.4) is 0 Å². The Morgan fingerprint density at radius 2 is 1.96 bits per heavy atom. The van der Waals surface area contributed by atoms with Crippen LogP contribution >= 0.6 is 11.8 Å². The highest BCUT2D eigenvalue weighted by Gasteiger charge is 2.23. The summed E-state index contributed by atoms with van der Waals surface area (Å²) >= 11 is 1.39. The lowest BCUT2D eigenvalue weighted by Crippen LogP contribution is -2.39. The third-order valence-electron chi connectivity index (χ3n) is 4.98. The predicted octanol–water partition coefficient (Wildman–Crippen LogP) is 4.59. The fraction of sp³-hybridized carbons (Fsp3) is 0.476. The summed E-state index contributed by atoms with van der Waals surface area (Å²) < 4.78 is 15.1. The van der Waals surface area contributed by atoms with Gasteiger partial charge in [-0.25, -0.2) is 4.39 Å². The Hall–Kier alpha value is -2.15. The first-order valence-corrected chi connectivity index (χ1v) is 10.7. The number of thioether (sulfide) groups is 1. The standard InChI is InChI=1S/C21H27FN4OS/c1-3-14-26-19(16-10-12-17(22)13-11-16)24-25-21(26)28-15(2)20(27)23-18-8-6-4-5-7-9-18/h3,10-13,15,18H,1,4-9,14H2,2H3,(H,23,27)/t15-/m0/s1. The van der Waals surface area contributed by atoms with E-state index in [1.807, 2.05) is 11.5 Å². The fourth-order valence-electron chi connectivity index (χ4n) is 3.44. The van der Waals surface area contributed by atoms with Crippen molar-refractivity contribution in [2.24, 2.45) is 0 Å². The number of hydrogen-bond donors (Lipinski definition) is 1. The molecule has 0 saturated heterocycles. The van der Waals surface area contributed by atoms with Gasteiger partial charge in [-0.3, -0.25) is 9.36 Å². The molecular weight excluding hydrogens is 375 g/mol. The molecule has 3 rings (SSSR count). The number of benzene rings is 1. The van der Waals surface area contributed by atoms with E-state index >= 15 is 0 Å². The first kappa shape index (κ1) is 20.6. The lowest BCUT2D eigenvalue weighted by molar-refractivity contribution is -0.121. The highest BCUT2D eigenvalue weighted by atomic mass is 32.2. The zero-order valence-corrected chi connectivity index (χ0v) is 17.1. The number of rotatable bonds is 7. The van der Waals surface area contributed by atoms with E-state index in [9.17, 15) is 9.18 Å². The molecule has 1 fully saturated rings. The van der Waals surface area contributed by atoms with Crippen LogP contribution in [0.15, 0.2) is 42.1 Å². The van der Waals surface area contributed by atoms with E-state index in [1.54, 1.807) is 18.2 Å². The highest BCUT2D eigenvalue weighted by Crippen LogP contribution is 2.27. The summed E-state index contributed by atoms with van der Waals surface area (Å²) in [6, 6.07) is 6.43. The largest absolute Gasteiger partial charge is 0.352 e. The van der Waals surface area contributed by atoms with Crippen molar-refractivity contribution in [1.82, 2.24) is 20.1 Å². The Balaban J connectivity index is 1.71. The molecule has 0 unspecified atom stereocenters. The molecule has 1 amide bonds. The van der Waals surface area contributed by atoms with Gasteiger partial charge >= 0.3 is 0 Å². The molecule has 1 N–H and O–H groups in total. The first-order valence-electron chi connectivity index (χ1n) is 9.85. The van der Waals surface area contributed by atoms with Gasteiger partial charge in [-0.05, 0) is 44.0 Å². The van der Waals surface area contributed by atoms with Crippen molar-refractivity contribution in [1.29, 1.82) is 0 Å². The molecule has 2 aromatic rings. The van der Waals surface area contributed by atoms with Gasteiger partial charge in [0, 0.05) is 18.2 Å². The molecule has 7 heteroatoms. The quantitative estimate of drug-likeness (QED) is 0.418. The van der Waals surface area contributed by atoms with Gasteiger partial charge in [0.05, 0.1) is 5.25 Å². The van der Waals surface area contributed by atoms with Gasteiger partial charge in [-0.1, -0.05) is 43.5 Å². The maximum atomic E-state index is 13.2. The van der Waals surface area contributed by atoms with Crippen molar-refractivity contribution in [2.45, 2.75) is 68.4 Å². The highest BCUT2D eigenvalue weighted by molar-refractivity contribution is 8.00. The van der Waals surface area contributed by atoms with Crippen LogP contribution in [0.1, 0.15) is 45.4 Å². The van der Waals surface area contributed by atoms with Crippen molar-refractivity contribution in [3.8, 4) is 11.4 Å². The molecule has 0 aliphatic heterocycles. The van der Waals surface area contributed by atoms with Crippen LogP contribution in [-0.2, 0) is 11.3 Å². The number of nitrogens with zero attached hydrogens (tertiary/aromatic N) is 3. The summed E-state index contributed by atoms with van der Waals surface area (Å²) in [7, 11) is 0. The summed E-state index contributed by atoms with van der Waals surface area (Å²) in [5, 5.41) is 12.1. The average molecular weight is 403 g/mol. The first-order chi connectivity index (χ1) is 13.6. The van der Waals surface area contributed by atoms with Gasteiger partial charge in [0.25, 0.3) is 0 Å².